The molecule has 4 heteroatoms. The summed E-state index contributed by atoms with van der Waals surface area (Å²) in [5.41, 5.74) is 6.33. The van der Waals surface area contributed by atoms with Gasteiger partial charge in [0.2, 0.25) is 0 Å². The Hall–Kier alpha value is -0.770. The average molecular weight is 269 g/mol. The number of hydrogen-bond acceptors (Lipinski definition) is 3. The van der Waals surface area contributed by atoms with Gasteiger partial charge >= 0.3 is 0 Å². The van der Waals surface area contributed by atoms with Crippen molar-refractivity contribution < 1.29 is 4.74 Å². The van der Waals surface area contributed by atoms with E-state index in [9.17, 15) is 0 Å². The van der Waals surface area contributed by atoms with E-state index in [-0.39, 0.29) is 5.54 Å². The van der Waals surface area contributed by atoms with Crippen LogP contribution in [0.2, 0.25) is 5.02 Å². The molecular formula is C14H21ClN2O. The van der Waals surface area contributed by atoms with Crippen LogP contribution in [0, 0.1) is 0 Å². The molecule has 1 fully saturated rings. The number of nitrogens with zero attached hydrogens (tertiary/aromatic N) is 1. The number of halogens is 1. The van der Waals surface area contributed by atoms with E-state index in [1.807, 2.05) is 24.3 Å². The first-order chi connectivity index (χ1) is 8.57. The number of hydrogen-bond donors (Lipinski definition) is 1. The van der Waals surface area contributed by atoms with E-state index in [1.54, 1.807) is 0 Å². The predicted octanol–water partition coefficient (Wildman–Crippen LogP) is 2.53. The molecule has 0 unspecified atom stereocenters. The van der Waals surface area contributed by atoms with Crippen LogP contribution in [0.15, 0.2) is 24.3 Å². The van der Waals surface area contributed by atoms with E-state index in [0.717, 1.165) is 43.1 Å². The molecule has 0 radical (unpaired) electrons. The smallest absolute Gasteiger partial charge is 0.119 e. The summed E-state index contributed by atoms with van der Waals surface area (Å²) in [7, 11) is 2.14. The van der Waals surface area contributed by atoms with Gasteiger partial charge in [-0.1, -0.05) is 11.6 Å². The molecule has 18 heavy (non-hydrogen) atoms. The minimum absolute atomic E-state index is 0.0566. The van der Waals surface area contributed by atoms with E-state index in [4.69, 9.17) is 22.1 Å². The lowest BCUT2D eigenvalue weighted by molar-refractivity contribution is 0.159. The maximum absolute atomic E-state index is 6.38. The largest absolute Gasteiger partial charge is 0.494 e. The van der Waals surface area contributed by atoms with Crippen LogP contribution in [0.1, 0.15) is 19.3 Å². The summed E-state index contributed by atoms with van der Waals surface area (Å²) < 4.78 is 5.70. The fourth-order valence-electron chi connectivity index (χ4n) is 2.22. The lowest BCUT2D eigenvalue weighted by atomic mass is 9.86. The number of likely N-dealkylation sites (tertiary alicyclic amines) is 1. The molecule has 1 aliphatic rings. The average Bonchev–Trinajstić information content (AvgIpc) is 2.36. The quantitative estimate of drug-likeness (QED) is 0.912. The van der Waals surface area contributed by atoms with Crippen molar-refractivity contribution in [2.45, 2.75) is 24.8 Å². The Morgan fingerprint density at radius 3 is 2.50 bits per heavy atom. The summed E-state index contributed by atoms with van der Waals surface area (Å²) in [6.45, 7) is 2.83. The van der Waals surface area contributed by atoms with Gasteiger partial charge in [-0.2, -0.15) is 0 Å². The number of piperidine rings is 1. The van der Waals surface area contributed by atoms with Crippen LogP contribution in [-0.4, -0.2) is 37.2 Å². The third-order valence-electron chi connectivity index (χ3n) is 3.67. The maximum atomic E-state index is 6.38. The maximum Gasteiger partial charge on any atom is 0.119 e. The van der Waals surface area contributed by atoms with Gasteiger partial charge in [-0.3, -0.25) is 0 Å². The first-order valence-electron chi connectivity index (χ1n) is 6.43. The van der Waals surface area contributed by atoms with Crippen LogP contribution in [0.3, 0.4) is 0 Å². The van der Waals surface area contributed by atoms with Gasteiger partial charge in [0.05, 0.1) is 6.61 Å². The number of ether oxygens (including phenoxy) is 1. The lowest BCUT2D eigenvalue weighted by Crippen LogP contribution is -2.50. The zero-order valence-corrected chi connectivity index (χ0v) is 11.6. The van der Waals surface area contributed by atoms with Crippen LogP contribution in [-0.2, 0) is 0 Å². The van der Waals surface area contributed by atoms with Gasteiger partial charge in [-0.15, -0.1) is 0 Å². The van der Waals surface area contributed by atoms with Gasteiger partial charge in [0.25, 0.3) is 0 Å². The molecule has 0 aromatic heterocycles. The van der Waals surface area contributed by atoms with E-state index in [2.05, 4.69) is 11.9 Å². The Labute approximate surface area is 114 Å². The van der Waals surface area contributed by atoms with E-state index < -0.39 is 0 Å². The molecule has 0 saturated carbocycles. The lowest BCUT2D eigenvalue weighted by Gasteiger charge is -2.37. The molecule has 2 N–H and O–H groups in total. The Bertz CT molecular complexity index is 372. The highest BCUT2D eigenvalue weighted by Crippen LogP contribution is 2.23. The van der Waals surface area contributed by atoms with Crippen LogP contribution < -0.4 is 10.5 Å². The van der Waals surface area contributed by atoms with Gasteiger partial charge in [0.1, 0.15) is 5.75 Å². The molecular weight excluding hydrogens is 248 g/mol. The summed E-state index contributed by atoms with van der Waals surface area (Å²) in [5.74, 6) is 0.857. The van der Waals surface area contributed by atoms with E-state index >= 15 is 0 Å². The molecule has 0 bridgehead atoms. The van der Waals surface area contributed by atoms with E-state index in [0.29, 0.717) is 6.61 Å². The van der Waals surface area contributed by atoms with Crippen LogP contribution in [0.4, 0.5) is 0 Å². The van der Waals surface area contributed by atoms with Crippen molar-refractivity contribution in [3.05, 3.63) is 29.3 Å². The summed E-state index contributed by atoms with van der Waals surface area (Å²) >= 11 is 5.82. The Balaban J connectivity index is 1.76. The van der Waals surface area contributed by atoms with Crippen LogP contribution in [0.25, 0.3) is 0 Å². The van der Waals surface area contributed by atoms with Crippen molar-refractivity contribution in [3.63, 3.8) is 0 Å². The van der Waals surface area contributed by atoms with Gasteiger partial charge in [0, 0.05) is 10.6 Å². The van der Waals surface area contributed by atoms with Gasteiger partial charge in [-0.25, -0.2) is 0 Å². The van der Waals surface area contributed by atoms with Crippen molar-refractivity contribution in [2.24, 2.45) is 5.73 Å². The number of benzene rings is 1. The summed E-state index contributed by atoms with van der Waals surface area (Å²) in [6, 6.07) is 7.45. The monoisotopic (exact) mass is 268 g/mol. The van der Waals surface area contributed by atoms with Crippen molar-refractivity contribution >= 4 is 11.6 Å². The third-order valence-corrected chi connectivity index (χ3v) is 3.92. The Morgan fingerprint density at radius 1 is 1.28 bits per heavy atom. The second-order valence-electron chi connectivity index (χ2n) is 5.22. The molecule has 0 amide bonds. The van der Waals surface area contributed by atoms with Gasteiger partial charge < -0.3 is 15.4 Å². The first-order valence-corrected chi connectivity index (χ1v) is 6.81. The first kappa shape index (κ1) is 13.7. The van der Waals surface area contributed by atoms with Crippen molar-refractivity contribution in [2.75, 3.05) is 26.7 Å². The minimum Gasteiger partial charge on any atom is -0.494 e. The van der Waals surface area contributed by atoms with Crippen molar-refractivity contribution in [1.82, 2.24) is 4.90 Å². The fraction of sp³-hybridized carbons (Fsp3) is 0.571. The molecule has 100 valence electrons. The molecule has 1 heterocycles. The summed E-state index contributed by atoms with van der Waals surface area (Å²) in [4.78, 5) is 2.32. The van der Waals surface area contributed by atoms with Gasteiger partial charge in [0.15, 0.2) is 0 Å². The molecule has 0 atom stereocenters. The second kappa shape index (κ2) is 5.91. The molecule has 1 aromatic carbocycles. The molecule has 3 nitrogen and oxygen atoms in total. The zero-order valence-electron chi connectivity index (χ0n) is 10.9. The molecule has 0 aliphatic carbocycles. The molecule has 1 aliphatic heterocycles. The number of rotatable bonds is 4. The SMILES string of the molecule is CN1CCC(N)(CCOc2ccc(Cl)cc2)CC1. The third kappa shape index (κ3) is 3.87. The fourth-order valence-corrected chi connectivity index (χ4v) is 2.34. The second-order valence-corrected chi connectivity index (χ2v) is 5.65. The van der Waals surface area contributed by atoms with Crippen molar-refractivity contribution in [1.29, 1.82) is 0 Å². The van der Waals surface area contributed by atoms with E-state index in [1.165, 1.54) is 0 Å². The molecule has 0 spiro atoms. The van der Waals surface area contributed by atoms with Crippen LogP contribution in [0.5, 0.6) is 5.75 Å². The summed E-state index contributed by atoms with van der Waals surface area (Å²) in [5, 5.41) is 0.730. The number of nitrogens with two attached hydrogens (primary N) is 1. The van der Waals surface area contributed by atoms with Gasteiger partial charge in [-0.05, 0) is 63.7 Å². The highest BCUT2D eigenvalue weighted by atomic mass is 35.5. The highest BCUT2D eigenvalue weighted by Gasteiger charge is 2.29. The Morgan fingerprint density at radius 2 is 1.89 bits per heavy atom. The molecule has 1 aromatic rings. The standard InChI is InChI=1S/C14H21ClN2O/c1-17-9-6-14(16,7-10-17)8-11-18-13-4-2-12(15)3-5-13/h2-5H,6-11,16H2,1H3. The topological polar surface area (TPSA) is 38.5 Å². The summed E-state index contributed by atoms with van der Waals surface area (Å²) in [6.07, 6.45) is 3.00. The highest BCUT2D eigenvalue weighted by molar-refractivity contribution is 6.30. The minimum atomic E-state index is -0.0566. The zero-order chi connectivity index (χ0) is 13.0. The Kier molecular flexibility index (Phi) is 4.49. The molecule has 1 saturated heterocycles. The van der Waals surface area contributed by atoms with Crippen molar-refractivity contribution in [3.8, 4) is 5.75 Å². The molecule has 2 rings (SSSR count). The normalized spacial score (nSPS) is 19.7. The van der Waals surface area contributed by atoms with Crippen LogP contribution >= 0.6 is 11.6 Å². The predicted molar refractivity (Wildman–Crippen MR) is 75.2 cm³/mol.